The summed E-state index contributed by atoms with van der Waals surface area (Å²) in [5.74, 6) is 1.07. The van der Waals surface area contributed by atoms with Crippen LogP contribution in [0.3, 0.4) is 0 Å². The molecule has 0 bridgehead atoms. The van der Waals surface area contributed by atoms with Crippen molar-refractivity contribution in [1.29, 1.82) is 0 Å². The molecule has 3 N–H and O–H groups in total. The van der Waals surface area contributed by atoms with E-state index in [0.29, 0.717) is 24.6 Å². The number of aromatic nitrogens is 5. The summed E-state index contributed by atoms with van der Waals surface area (Å²) in [6, 6.07) is 3.23. The minimum absolute atomic E-state index is 0.181. The lowest BCUT2D eigenvalue weighted by atomic mass is 10.3. The molecule has 0 aliphatic rings. The SMILES string of the molecule is Cc1cnc(C(C)NC(=O)c2cc(NCCNc3ccncn3)ncn2)s1. The van der Waals surface area contributed by atoms with Crippen molar-refractivity contribution in [2.45, 2.75) is 19.9 Å². The van der Waals surface area contributed by atoms with Crippen molar-refractivity contribution in [1.82, 2.24) is 30.2 Å². The van der Waals surface area contributed by atoms with Gasteiger partial charge in [0, 0.05) is 36.4 Å². The third-order valence-electron chi connectivity index (χ3n) is 3.58. The van der Waals surface area contributed by atoms with Crippen LogP contribution in [0.1, 0.15) is 33.3 Å². The van der Waals surface area contributed by atoms with Crippen LogP contribution in [0.2, 0.25) is 0 Å². The van der Waals surface area contributed by atoms with Gasteiger partial charge in [0.25, 0.3) is 5.91 Å². The fourth-order valence-electron chi connectivity index (χ4n) is 2.26. The molecule has 0 fully saturated rings. The molecule has 10 heteroatoms. The molecule has 0 aliphatic heterocycles. The van der Waals surface area contributed by atoms with Crippen LogP contribution in [-0.4, -0.2) is 43.9 Å². The van der Waals surface area contributed by atoms with Crippen LogP contribution in [0.15, 0.2) is 37.2 Å². The first-order valence-corrected chi connectivity index (χ1v) is 9.22. The van der Waals surface area contributed by atoms with E-state index in [4.69, 9.17) is 0 Å². The Morgan fingerprint density at radius 1 is 1.11 bits per heavy atom. The van der Waals surface area contributed by atoms with Crippen LogP contribution in [0, 0.1) is 6.92 Å². The summed E-state index contributed by atoms with van der Waals surface area (Å²) in [5, 5.41) is 10.1. The second-order valence-electron chi connectivity index (χ2n) is 5.74. The van der Waals surface area contributed by atoms with Crippen molar-refractivity contribution in [2.75, 3.05) is 23.7 Å². The number of nitrogens with one attached hydrogen (secondary N) is 3. The molecule has 3 aromatic rings. The Balaban J connectivity index is 1.51. The molecule has 140 valence electrons. The number of anilines is 2. The van der Waals surface area contributed by atoms with Gasteiger partial charge in [-0.15, -0.1) is 11.3 Å². The molecule has 1 atom stereocenters. The van der Waals surface area contributed by atoms with Gasteiger partial charge in [0.15, 0.2) is 0 Å². The first kappa shape index (κ1) is 18.6. The molecule has 9 nitrogen and oxygen atoms in total. The quantitative estimate of drug-likeness (QED) is 0.505. The van der Waals surface area contributed by atoms with Crippen molar-refractivity contribution in [3.05, 3.63) is 52.8 Å². The van der Waals surface area contributed by atoms with Crippen molar-refractivity contribution >= 4 is 28.9 Å². The summed E-state index contributed by atoms with van der Waals surface area (Å²) < 4.78 is 0. The minimum Gasteiger partial charge on any atom is -0.368 e. The average molecular weight is 384 g/mol. The molecule has 0 saturated heterocycles. The third kappa shape index (κ3) is 5.42. The molecule has 1 unspecified atom stereocenters. The van der Waals surface area contributed by atoms with Crippen molar-refractivity contribution in [3.63, 3.8) is 0 Å². The van der Waals surface area contributed by atoms with Gasteiger partial charge in [-0.1, -0.05) is 0 Å². The smallest absolute Gasteiger partial charge is 0.270 e. The molecular formula is C17H20N8OS. The molecule has 0 aliphatic carbocycles. The molecule has 27 heavy (non-hydrogen) atoms. The van der Waals surface area contributed by atoms with Gasteiger partial charge < -0.3 is 16.0 Å². The van der Waals surface area contributed by atoms with Gasteiger partial charge in [-0.2, -0.15) is 0 Å². The number of rotatable bonds is 8. The maximum absolute atomic E-state index is 12.4. The van der Waals surface area contributed by atoms with Crippen LogP contribution < -0.4 is 16.0 Å². The van der Waals surface area contributed by atoms with Crippen molar-refractivity contribution in [2.24, 2.45) is 0 Å². The Bertz CT molecular complexity index is 885. The lowest BCUT2D eigenvalue weighted by molar-refractivity contribution is 0.0934. The van der Waals surface area contributed by atoms with E-state index in [1.807, 2.05) is 13.8 Å². The predicted molar refractivity (Wildman–Crippen MR) is 104 cm³/mol. The monoisotopic (exact) mass is 384 g/mol. The number of hydrogen-bond acceptors (Lipinski definition) is 9. The highest BCUT2D eigenvalue weighted by Gasteiger charge is 2.15. The number of amides is 1. The van der Waals surface area contributed by atoms with E-state index in [-0.39, 0.29) is 11.9 Å². The van der Waals surface area contributed by atoms with Crippen molar-refractivity contribution < 1.29 is 4.79 Å². The van der Waals surface area contributed by atoms with Crippen LogP contribution in [-0.2, 0) is 0 Å². The number of aryl methyl sites for hydroxylation is 1. The zero-order valence-electron chi connectivity index (χ0n) is 15.0. The van der Waals surface area contributed by atoms with E-state index in [1.54, 1.807) is 35.9 Å². The Kier molecular flexibility index (Phi) is 6.21. The molecule has 0 aromatic carbocycles. The number of thiazole rings is 1. The maximum atomic E-state index is 12.4. The molecule has 0 spiro atoms. The van der Waals surface area contributed by atoms with E-state index in [9.17, 15) is 4.79 Å². The highest BCUT2D eigenvalue weighted by molar-refractivity contribution is 7.11. The van der Waals surface area contributed by atoms with Crippen LogP contribution in [0.25, 0.3) is 0 Å². The van der Waals surface area contributed by atoms with Gasteiger partial charge in [0.1, 0.15) is 35.0 Å². The molecular weight excluding hydrogens is 364 g/mol. The first-order chi connectivity index (χ1) is 13.1. The molecule has 3 rings (SSSR count). The van der Waals surface area contributed by atoms with Crippen LogP contribution >= 0.6 is 11.3 Å². The van der Waals surface area contributed by atoms with Crippen molar-refractivity contribution in [3.8, 4) is 0 Å². The molecule has 3 heterocycles. The summed E-state index contributed by atoms with van der Waals surface area (Å²) in [6.07, 6.45) is 6.32. The van der Waals surface area contributed by atoms with E-state index in [1.165, 1.54) is 12.7 Å². The van der Waals surface area contributed by atoms with E-state index in [0.717, 1.165) is 15.7 Å². The highest BCUT2D eigenvalue weighted by Crippen LogP contribution is 2.19. The van der Waals surface area contributed by atoms with E-state index < -0.39 is 0 Å². The van der Waals surface area contributed by atoms with Gasteiger partial charge in [-0.25, -0.2) is 24.9 Å². The second-order valence-corrected chi connectivity index (χ2v) is 7.01. The standard InChI is InChI=1S/C17H20N8OS/c1-11-8-21-17(27-11)12(2)25-16(26)13-7-15(24-10-22-13)20-6-5-19-14-3-4-18-9-23-14/h3-4,7-10,12H,5-6H2,1-2H3,(H,25,26)(H,18,19,23)(H,20,22,24). The average Bonchev–Trinajstić information content (AvgIpc) is 3.13. The van der Waals surface area contributed by atoms with Gasteiger partial charge in [0.2, 0.25) is 0 Å². The molecule has 0 radical (unpaired) electrons. The third-order valence-corrected chi connectivity index (χ3v) is 4.67. The van der Waals surface area contributed by atoms with Gasteiger partial charge >= 0.3 is 0 Å². The van der Waals surface area contributed by atoms with Gasteiger partial charge in [-0.05, 0) is 19.9 Å². The Morgan fingerprint density at radius 2 is 1.89 bits per heavy atom. The summed E-state index contributed by atoms with van der Waals surface area (Å²) in [6.45, 7) is 5.13. The van der Waals surface area contributed by atoms with Gasteiger partial charge in [-0.3, -0.25) is 4.79 Å². The van der Waals surface area contributed by atoms with E-state index in [2.05, 4.69) is 40.9 Å². The number of carbonyl (C=O) groups is 1. The van der Waals surface area contributed by atoms with Crippen LogP contribution in [0.5, 0.6) is 0 Å². The normalized spacial score (nSPS) is 11.6. The summed E-state index contributed by atoms with van der Waals surface area (Å²) in [7, 11) is 0. The number of nitrogens with zero attached hydrogens (tertiary/aromatic N) is 5. The number of hydrogen-bond donors (Lipinski definition) is 3. The topological polar surface area (TPSA) is 118 Å². The predicted octanol–water partition coefficient (Wildman–Crippen LogP) is 2.05. The summed E-state index contributed by atoms with van der Waals surface area (Å²) in [4.78, 5) is 34.0. The highest BCUT2D eigenvalue weighted by atomic mass is 32.1. The fourth-order valence-corrected chi connectivity index (χ4v) is 3.04. The molecule has 0 saturated carbocycles. The minimum atomic E-state index is -0.264. The lowest BCUT2D eigenvalue weighted by Gasteiger charge is -2.11. The first-order valence-electron chi connectivity index (χ1n) is 8.41. The van der Waals surface area contributed by atoms with Gasteiger partial charge in [0.05, 0.1) is 6.04 Å². The Morgan fingerprint density at radius 3 is 2.59 bits per heavy atom. The summed E-state index contributed by atoms with van der Waals surface area (Å²) >= 11 is 1.56. The second kappa shape index (κ2) is 8.99. The van der Waals surface area contributed by atoms with E-state index >= 15 is 0 Å². The lowest BCUT2D eigenvalue weighted by Crippen LogP contribution is -2.27. The Hall–Kier alpha value is -3.14. The fraction of sp³-hybridized carbons (Fsp3) is 0.294. The zero-order valence-corrected chi connectivity index (χ0v) is 15.8. The molecule has 3 aromatic heterocycles. The Labute approximate surface area is 160 Å². The zero-order chi connectivity index (χ0) is 19.1. The summed E-state index contributed by atoms with van der Waals surface area (Å²) in [5.41, 5.74) is 0.302. The molecule has 1 amide bonds. The number of carbonyl (C=O) groups excluding carboxylic acids is 1. The van der Waals surface area contributed by atoms with Crippen LogP contribution in [0.4, 0.5) is 11.6 Å². The maximum Gasteiger partial charge on any atom is 0.270 e. The largest absolute Gasteiger partial charge is 0.368 e.